The summed E-state index contributed by atoms with van der Waals surface area (Å²) in [5, 5.41) is 12.0. The van der Waals surface area contributed by atoms with Crippen molar-refractivity contribution >= 4 is 23.5 Å². The van der Waals surface area contributed by atoms with Gasteiger partial charge in [0.15, 0.2) is 0 Å². The average molecular weight is 284 g/mol. The van der Waals surface area contributed by atoms with Crippen molar-refractivity contribution in [1.82, 2.24) is 5.32 Å². The number of aryl methyl sites for hydroxylation is 1. The van der Waals surface area contributed by atoms with Crippen molar-refractivity contribution in [2.75, 3.05) is 0 Å². The summed E-state index contributed by atoms with van der Waals surface area (Å²) in [6, 6.07) is 7.26. The van der Waals surface area contributed by atoms with Crippen molar-refractivity contribution in [3.8, 4) is 0 Å². The van der Waals surface area contributed by atoms with Gasteiger partial charge in [-0.2, -0.15) is 0 Å². The van der Waals surface area contributed by atoms with Gasteiger partial charge in [0, 0.05) is 23.9 Å². The van der Waals surface area contributed by atoms with E-state index in [1.165, 1.54) is 0 Å². The van der Waals surface area contributed by atoms with Crippen LogP contribution in [-0.2, 0) is 16.0 Å². The van der Waals surface area contributed by atoms with E-state index in [4.69, 9.17) is 16.7 Å². The number of aliphatic carboxylic acids is 1. The predicted molar refractivity (Wildman–Crippen MR) is 74.2 cm³/mol. The van der Waals surface area contributed by atoms with Crippen LogP contribution in [0.3, 0.4) is 0 Å². The van der Waals surface area contributed by atoms with E-state index in [-0.39, 0.29) is 18.4 Å². The molecule has 0 spiro atoms. The lowest BCUT2D eigenvalue weighted by Crippen LogP contribution is -2.33. The highest BCUT2D eigenvalue weighted by molar-refractivity contribution is 6.30. The van der Waals surface area contributed by atoms with Crippen molar-refractivity contribution in [2.24, 2.45) is 0 Å². The summed E-state index contributed by atoms with van der Waals surface area (Å²) in [4.78, 5) is 22.1. The Labute approximate surface area is 117 Å². The fourth-order valence-corrected chi connectivity index (χ4v) is 1.79. The minimum atomic E-state index is -0.845. The summed E-state index contributed by atoms with van der Waals surface area (Å²) in [7, 11) is 0. The zero-order valence-electron chi connectivity index (χ0n) is 10.9. The molecule has 0 heterocycles. The topological polar surface area (TPSA) is 66.4 Å². The molecule has 0 saturated heterocycles. The summed E-state index contributed by atoms with van der Waals surface area (Å²) in [5.74, 6) is -0.907. The Morgan fingerprint density at radius 2 is 1.89 bits per heavy atom. The molecule has 0 bridgehead atoms. The minimum absolute atomic E-state index is 0.0622. The van der Waals surface area contributed by atoms with Crippen LogP contribution in [0.1, 0.15) is 31.7 Å². The van der Waals surface area contributed by atoms with E-state index in [2.05, 4.69) is 5.32 Å². The number of carbonyl (C=O) groups is 2. The molecule has 104 valence electrons. The standard InChI is InChI=1S/C14H18ClNO3/c1-10(2-9-14(18)19)16-13(17)8-5-11-3-6-12(15)7-4-11/h3-4,6-7,10H,2,5,8-9H2,1H3,(H,16,17)(H,18,19). The lowest BCUT2D eigenvalue weighted by molar-refractivity contribution is -0.137. The van der Waals surface area contributed by atoms with Gasteiger partial charge in [0.05, 0.1) is 0 Å². The minimum Gasteiger partial charge on any atom is -0.481 e. The molecule has 0 fully saturated rings. The fraction of sp³-hybridized carbons (Fsp3) is 0.429. The van der Waals surface area contributed by atoms with Gasteiger partial charge in [-0.05, 0) is 37.5 Å². The highest BCUT2D eigenvalue weighted by atomic mass is 35.5. The lowest BCUT2D eigenvalue weighted by Gasteiger charge is -2.12. The first-order valence-corrected chi connectivity index (χ1v) is 6.61. The average Bonchev–Trinajstić information content (AvgIpc) is 2.36. The number of halogens is 1. The van der Waals surface area contributed by atoms with Gasteiger partial charge < -0.3 is 10.4 Å². The first-order chi connectivity index (χ1) is 8.97. The molecule has 2 N–H and O–H groups in total. The molecule has 1 unspecified atom stereocenters. The summed E-state index contributed by atoms with van der Waals surface area (Å²) >= 11 is 5.78. The maximum absolute atomic E-state index is 11.7. The second-order valence-electron chi connectivity index (χ2n) is 4.53. The second-order valence-corrected chi connectivity index (χ2v) is 4.96. The van der Waals surface area contributed by atoms with E-state index >= 15 is 0 Å². The number of carboxylic acids is 1. The van der Waals surface area contributed by atoms with E-state index in [0.717, 1.165) is 5.56 Å². The predicted octanol–water partition coefficient (Wildman–Crippen LogP) is 2.64. The number of carbonyl (C=O) groups excluding carboxylic acids is 1. The van der Waals surface area contributed by atoms with Gasteiger partial charge in [0.1, 0.15) is 0 Å². The SMILES string of the molecule is CC(CCC(=O)O)NC(=O)CCc1ccc(Cl)cc1. The third kappa shape index (κ3) is 6.82. The van der Waals surface area contributed by atoms with Gasteiger partial charge in [-0.1, -0.05) is 23.7 Å². The molecule has 4 nitrogen and oxygen atoms in total. The molecule has 1 aromatic rings. The summed E-state index contributed by atoms with van der Waals surface area (Å²) in [5.41, 5.74) is 1.05. The molecule has 5 heteroatoms. The number of hydrogen-bond donors (Lipinski definition) is 2. The van der Waals surface area contributed by atoms with Crippen molar-refractivity contribution in [3.63, 3.8) is 0 Å². The van der Waals surface area contributed by atoms with Crippen LogP contribution in [0.15, 0.2) is 24.3 Å². The lowest BCUT2D eigenvalue weighted by atomic mass is 10.1. The van der Waals surface area contributed by atoms with E-state index in [1.54, 1.807) is 12.1 Å². The van der Waals surface area contributed by atoms with Gasteiger partial charge in [-0.25, -0.2) is 0 Å². The largest absolute Gasteiger partial charge is 0.481 e. The molecule has 1 amide bonds. The highest BCUT2D eigenvalue weighted by Crippen LogP contribution is 2.11. The van der Waals surface area contributed by atoms with E-state index in [0.29, 0.717) is 24.3 Å². The van der Waals surface area contributed by atoms with Crippen LogP contribution >= 0.6 is 11.6 Å². The molecule has 19 heavy (non-hydrogen) atoms. The molecule has 0 aliphatic carbocycles. The van der Waals surface area contributed by atoms with Crippen LogP contribution in [0.5, 0.6) is 0 Å². The van der Waals surface area contributed by atoms with Crippen LogP contribution in [0.25, 0.3) is 0 Å². The molecule has 0 radical (unpaired) electrons. The van der Waals surface area contributed by atoms with Crippen molar-refractivity contribution in [3.05, 3.63) is 34.9 Å². The molecule has 1 aromatic carbocycles. The smallest absolute Gasteiger partial charge is 0.303 e. The molecule has 0 aliphatic rings. The van der Waals surface area contributed by atoms with Crippen LogP contribution in [0.4, 0.5) is 0 Å². The van der Waals surface area contributed by atoms with Crippen molar-refractivity contribution < 1.29 is 14.7 Å². The van der Waals surface area contributed by atoms with Crippen LogP contribution in [0, 0.1) is 0 Å². The number of rotatable bonds is 7. The fourth-order valence-electron chi connectivity index (χ4n) is 1.67. The number of benzene rings is 1. The zero-order valence-corrected chi connectivity index (χ0v) is 11.6. The zero-order chi connectivity index (χ0) is 14.3. The second kappa shape index (κ2) is 7.79. The van der Waals surface area contributed by atoms with Crippen molar-refractivity contribution in [2.45, 2.75) is 38.6 Å². The van der Waals surface area contributed by atoms with Gasteiger partial charge >= 0.3 is 5.97 Å². The first-order valence-electron chi connectivity index (χ1n) is 6.23. The van der Waals surface area contributed by atoms with E-state index in [1.807, 2.05) is 19.1 Å². The maximum Gasteiger partial charge on any atom is 0.303 e. The van der Waals surface area contributed by atoms with Crippen LogP contribution < -0.4 is 5.32 Å². The van der Waals surface area contributed by atoms with Crippen molar-refractivity contribution in [1.29, 1.82) is 0 Å². The normalized spacial score (nSPS) is 11.9. The number of nitrogens with one attached hydrogen (secondary N) is 1. The Kier molecular flexibility index (Phi) is 6.36. The third-order valence-corrected chi connectivity index (χ3v) is 3.00. The van der Waals surface area contributed by atoms with Gasteiger partial charge in [-0.3, -0.25) is 9.59 Å². The monoisotopic (exact) mass is 283 g/mol. The van der Waals surface area contributed by atoms with Gasteiger partial charge in [0.2, 0.25) is 5.91 Å². The van der Waals surface area contributed by atoms with E-state index in [9.17, 15) is 9.59 Å². The van der Waals surface area contributed by atoms with E-state index < -0.39 is 5.97 Å². The Balaban J connectivity index is 2.27. The summed E-state index contributed by atoms with van der Waals surface area (Å²) in [6.07, 6.45) is 1.55. The Morgan fingerprint density at radius 1 is 1.26 bits per heavy atom. The molecule has 0 aliphatic heterocycles. The maximum atomic E-state index is 11.7. The summed E-state index contributed by atoms with van der Waals surface area (Å²) in [6.45, 7) is 1.81. The molecule has 0 aromatic heterocycles. The number of amides is 1. The Morgan fingerprint density at radius 3 is 2.47 bits per heavy atom. The van der Waals surface area contributed by atoms with Gasteiger partial charge in [0.25, 0.3) is 0 Å². The molecular weight excluding hydrogens is 266 g/mol. The number of hydrogen-bond acceptors (Lipinski definition) is 2. The molecular formula is C14H18ClNO3. The van der Waals surface area contributed by atoms with Gasteiger partial charge in [-0.15, -0.1) is 0 Å². The Bertz CT molecular complexity index is 431. The first kappa shape index (κ1) is 15.5. The summed E-state index contributed by atoms with van der Waals surface area (Å²) < 4.78 is 0. The third-order valence-electron chi connectivity index (χ3n) is 2.75. The van der Waals surface area contributed by atoms with Crippen LogP contribution in [-0.4, -0.2) is 23.0 Å². The molecule has 0 saturated carbocycles. The Hall–Kier alpha value is -1.55. The highest BCUT2D eigenvalue weighted by Gasteiger charge is 2.09. The molecule has 1 atom stereocenters. The van der Waals surface area contributed by atoms with Crippen LogP contribution in [0.2, 0.25) is 5.02 Å². The quantitative estimate of drug-likeness (QED) is 0.808. The number of carboxylic acid groups (broad SMARTS) is 1. The molecule has 1 rings (SSSR count).